The minimum atomic E-state index is 0.537. The van der Waals surface area contributed by atoms with Crippen LogP contribution in [0.25, 0.3) is 27.1 Å². The Kier molecular flexibility index (Phi) is 2.50. The zero-order chi connectivity index (χ0) is 13.5. The van der Waals surface area contributed by atoms with Crippen molar-refractivity contribution < 1.29 is 0 Å². The van der Waals surface area contributed by atoms with Crippen LogP contribution in [0.15, 0.2) is 72.8 Å². The molecule has 1 atom stereocenters. The Hall–Kier alpha value is -2.34. The van der Waals surface area contributed by atoms with Gasteiger partial charge in [0, 0.05) is 0 Å². The number of fused-ring (bicyclic) bond motifs is 3. The first-order chi connectivity index (χ1) is 9.83. The van der Waals surface area contributed by atoms with E-state index in [1.54, 1.807) is 0 Å². The molecule has 4 rings (SSSR count). The number of benzene rings is 3. The Bertz CT molecular complexity index is 865. The summed E-state index contributed by atoms with van der Waals surface area (Å²) in [6.07, 6.45) is 6.86. The normalized spacial score (nSPS) is 17.9. The lowest BCUT2D eigenvalue weighted by molar-refractivity contribution is 0.959. The van der Waals surface area contributed by atoms with E-state index in [9.17, 15) is 0 Å². The lowest BCUT2D eigenvalue weighted by Crippen LogP contribution is -1.86. The minimum Gasteiger partial charge on any atom is -0.0773 e. The Morgan fingerprint density at radius 1 is 0.800 bits per heavy atom. The van der Waals surface area contributed by atoms with Crippen LogP contribution in [0.2, 0.25) is 0 Å². The van der Waals surface area contributed by atoms with E-state index in [1.165, 1.54) is 32.7 Å². The summed E-state index contributed by atoms with van der Waals surface area (Å²) in [5.74, 6) is 0.537. The molecule has 1 aliphatic rings. The van der Waals surface area contributed by atoms with Gasteiger partial charge in [-0.1, -0.05) is 73.7 Å². The summed E-state index contributed by atoms with van der Waals surface area (Å²) in [5.41, 5.74) is 2.69. The zero-order valence-electron chi connectivity index (χ0n) is 11.5. The second-order valence-corrected chi connectivity index (χ2v) is 5.53. The van der Waals surface area contributed by atoms with E-state index in [-0.39, 0.29) is 0 Å². The molecular weight excluding hydrogens is 240 g/mol. The number of rotatable bonds is 1. The topological polar surface area (TPSA) is 0 Å². The van der Waals surface area contributed by atoms with E-state index < -0.39 is 0 Å². The highest BCUT2D eigenvalue weighted by atomic mass is 14.2. The highest BCUT2D eigenvalue weighted by molar-refractivity contribution is 6.12. The van der Waals surface area contributed by atoms with Gasteiger partial charge < -0.3 is 0 Å². The third-order valence-corrected chi connectivity index (χ3v) is 4.10. The molecular formula is C20H16. The molecule has 0 N–H and O–H groups in total. The molecule has 0 aliphatic heterocycles. The van der Waals surface area contributed by atoms with Crippen LogP contribution in [0, 0.1) is 5.92 Å². The molecule has 0 heteroatoms. The first kappa shape index (κ1) is 11.5. The lowest BCUT2D eigenvalue weighted by Gasteiger charge is -2.10. The summed E-state index contributed by atoms with van der Waals surface area (Å²) < 4.78 is 0. The summed E-state index contributed by atoms with van der Waals surface area (Å²) in [7, 11) is 0. The SMILES string of the molecule is CC1C=CC(c2cc3ccccc3c3ccccc23)=C1. The first-order valence-corrected chi connectivity index (χ1v) is 7.14. The number of hydrogen-bond acceptors (Lipinski definition) is 0. The largest absolute Gasteiger partial charge is 0.0773 e. The van der Waals surface area contributed by atoms with Crippen LogP contribution in [0.4, 0.5) is 0 Å². The second-order valence-electron chi connectivity index (χ2n) is 5.53. The summed E-state index contributed by atoms with van der Waals surface area (Å²) in [4.78, 5) is 0. The van der Waals surface area contributed by atoms with Gasteiger partial charge in [0.1, 0.15) is 0 Å². The Labute approximate surface area is 119 Å². The van der Waals surface area contributed by atoms with Crippen molar-refractivity contribution in [3.8, 4) is 0 Å². The summed E-state index contributed by atoms with van der Waals surface area (Å²) in [6, 6.07) is 19.7. The quantitative estimate of drug-likeness (QED) is 0.498. The molecule has 0 nitrogen and oxygen atoms in total. The van der Waals surface area contributed by atoms with Crippen molar-refractivity contribution >= 4 is 27.1 Å². The van der Waals surface area contributed by atoms with Gasteiger partial charge in [-0.05, 0) is 44.7 Å². The lowest BCUT2D eigenvalue weighted by atomic mass is 9.93. The molecule has 0 saturated heterocycles. The molecule has 96 valence electrons. The van der Waals surface area contributed by atoms with E-state index >= 15 is 0 Å². The molecule has 0 fully saturated rings. The van der Waals surface area contributed by atoms with Crippen molar-refractivity contribution in [2.75, 3.05) is 0 Å². The second kappa shape index (κ2) is 4.35. The maximum absolute atomic E-state index is 2.34. The third-order valence-electron chi connectivity index (χ3n) is 4.10. The van der Waals surface area contributed by atoms with E-state index in [0.29, 0.717) is 5.92 Å². The molecule has 0 radical (unpaired) electrons. The predicted molar refractivity (Wildman–Crippen MR) is 87.7 cm³/mol. The number of hydrogen-bond donors (Lipinski definition) is 0. The van der Waals surface area contributed by atoms with E-state index in [1.807, 2.05) is 0 Å². The fourth-order valence-corrected chi connectivity index (χ4v) is 3.12. The molecule has 0 spiro atoms. The first-order valence-electron chi connectivity index (χ1n) is 7.14. The highest BCUT2D eigenvalue weighted by Crippen LogP contribution is 2.35. The standard InChI is InChI=1S/C20H16/c1-14-10-11-16(12-14)20-13-15-6-2-3-7-17(15)18-8-4-5-9-19(18)20/h2-14H,1H3. The average Bonchev–Trinajstić information content (AvgIpc) is 2.93. The molecule has 3 aromatic rings. The summed E-state index contributed by atoms with van der Waals surface area (Å²) in [6.45, 7) is 2.23. The summed E-state index contributed by atoms with van der Waals surface area (Å²) in [5, 5.41) is 5.34. The van der Waals surface area contributed by atoms with Crippen LogP contribution in [-0.4, -0.2) is 0 Å². The molecule has 0 heterocycles. The maximum atomic E-state index is 2.34. The number of allylic oxidation sites excluding steroid dienone is 4. The van der Waals surface area contributed by atoms with Gasteiger partial charge in [0.25, 0.3) is 0 Å². The van der Waals surface area contributed by atoms with E-state index in [4.69, 9.17) is 0 Å². The predicted octanol–water partition coefficient (Wildman–Crippen LogP) is 5.58. The molecule has 1 aliphatic carbocycles. The Balaban J connectivity index is 2.14. The van der Waals surface area contributed by atoms with Gasteiger partial charge in [0.2, 0.25) is 0 Å². The van der Waals surface area contributed by atoms with E-state index in [0.717, 1.165) is 0 Å². The molecule has 0 bridgehead atoms. The van der Waals surface area contributed by atoms with Crippen molar-refractivity contribution in [2.24, 2.45) is 5.92 Å². The van der Waals surface area contributed by atoms with Gasteiger partial charge in [-0.15, -0.1) is 0 Å². The van der Waals surface area contributed by atoms with Gasteiger partial charge in [-0.25, -0.2) is 0 Å². The molecule has 0 aromatic heterocycles. The van der Waals surface area contributed by atoms with Gasteiger partial charge >= 0.3 is 0 Å². The van der Waals surface area contributed by atoms with Crippen LogP contribution >= 0.6 is 0 Å². The van der Waals surface area contributed by atoms with Crippen molar-refractivity contribution in [2.45, 2.75) is 6.92 Å². The van der Waals surface area contributed by atoms with Crippen molar-refractivity contribution in [3.63, 3.8) is 0 Å². The molecule has 1 unspecified atom stereocenters. The minimum absolute atomic E-state index is 0.537. The zero-order valence-corrected chi connectivity index (χ0v) is 11.5. The smallest absolute Gasteiger partial charge is 0.00693 e. The van der Waals surface area contributed by atoms with Crippen molar-refractivity contribution in [3.05, 3.63) is 78.4 Å². The fraction of sp³-hybridized carbons (Fsp3) is 0.100. The third kappa shape index (κ3) is 1.69. The van der Waals surface area contributed by atoms with Gasteiger partial charge in [-0.3, -0.25) is 0 Å². The van der Waals surface area contributed by atoms with Crippen LogP contribution in [0.1, 0.15) is 12.5 Å². The maximum Gasteiger partial charge on any atom is -0.00693 e. The molecule has 3 aromatic carbocycles. The van der Waals surface area contributed by atoms with Crippen molar-refractivity contribution in [1.29, 1.82) is 0 Å². The molecule has 20 heavy (non-hydrogen) atoms. The average molecular weight is 256 g/mol. The fourth-order valence-electron chi connectivity index (χ4n) is 3.12. The Morgan fingerprint density at radius 3 is 2.25 bits per heavy atom. The Morgan fingerprint density at radius 2 is 1.50 bits per heavy atom. The summed E-state index contributed by atoms with van der Waals surface area (Å²) >= 11 is 0. The monoisotopic (exact) mass is 256 g/mol. The van der Waals surface area contributed by atoms with Gasteiger partial charge in [-0.2, -0.15) is 0 Å². The van der Waals surface area contributed by atoms with Crippen LogP contribution < -0.4 is 0 Å². The van der Waals surface area contributed by atoms with E-state index in [2.05, 4.69) is 79.7 Å². The van der Waals surface area contributed by atoms with Gasteiger partial charge in [0.05, 0.1) is 0 Å². The van der Waals surface area contributed by atoms with Gasteiger partial charge in [0.15, 0.2) is 0 Å². The highest BCUT2D eigenvalue weighted by Gasteiger charge is 2.11. The molecule has 0 saturated carbocycles. The van der Waals surface area contributed by atoms with Crippen LogP contribution in [-0.2, 0) is 0 Å². The van der Waals surface area contributed by atoms with Crippen molar-refractivity contribution in [1.82, 2.24) is 0 Å². The van der Waals surface area contributed by atoms with Crippen LogP contribution in [0.3, 0.4) is 0 Å². The van der Waals surface area contributed by atoms with Crippen LogP contribution in [0.5, 0.6) is 0 Å². The molecule has 0 amide bonds.